The van der Waals surface area contributed by atoms with Gasteiger partial charge < -0.3 is 0 Å². The molecule has 31 valence electrons. The molecule has 0 saturated heterocycles. The van der Waals surface area contributed by atoms with Crippen LogP contribution in [0.2, 0.25) is 0 Å². The summed E-state index contributed by atoms with van der Waals surface area (Å²) < 4.78 is 0. The van der Waals surface area contributed by atoms with Gasteiger partial charge in [-0.1, -0.05) is 0 Å². The van der Waals surface area contributed by atoms with E-state index < -0.39 is 0 Å². The summed E-state index contributed by atoms with van der Waals surface area (Å²) in [5, 5.41) is 0. The summed E-state index contributed by atoms with van der Waals surface area (Å²) in [6, 6.07) is 0. The fraction of sp³-hybridized carbons (Fsp3) is 0. The average molecular weight is 224 g/mol. The van der Waals surface area contributed by atoms with Crippen LogP contribution in [0.3, 0.4) is 0 Å². The van der Waals surface area contributed by atoms with Crippen LogP contribution in [0.15, 0.2) is 0 Å². The summed E-state index contributed by atoms with van der Waals surface area (Å²) in [4.78, 5) is 0. The van der Waals surface area contributed by atoms with E-state index >= 15 is 0 Å². The van der Waals surface area contributed by atoms with E-state index in [1.807, 2.05) is 0 Å². The fourth-order valence-electron chi connectivity index (χ4n) is 0. The van der Waals surface area contributed by atoms with Crippen molar-refractivity contribution < 1.29 is 50.3 Å². The van der Waals surface area contributed by atoms with E-state index in [0.717, 1.165) is 0 Å². The maximum absolute atomic E-state index is 0. The molecule has 0 atom stereocenters. The van der Waals surface area contributed by atoms with Crippen LogP contribution in [0.25, 0.3) is 0 Å². The van der Waals surface area contributed by atoms with Gasteiger partial charge in [-0.05, 0) is 0 Å². The van der Waals surface area contributed by atoms with Gasteiger partial charge in [0.2, 0.25) is 0 Å². The standard InChI is InChI=1S/Al.Co.Mg.Mn.Ni. The van der Waals surface area contributed by atoms with Gasteiger partial charge in [-0.3, -0.25) is 0 Å². The van der Waals surface area contributed by atoms with Crippen LogP contribution in [0, 0.1) is 0 Å². The van der Waals surface area contributed by atoms with Crippen molar-refractivity contribution in [2.45, 2.75) is 0 Å². The molecule has 0 aliphatic carbocycles. The zero-order valence-electron chi connectivity index (χ0n) is 2.31. The maximum atomic E-state index is 0. The molecule has 0 fully saturated rings. The van der Waals surface area contributed by atoms with E-state index in [4.69, 9.17) is 0 Å². The minimum Gasteiger partial charge on any atom is 0 e. The molecule has 0 aliphatic heterocycles. The van der Waals surface area contributed by atoms with Crippen molar-refractivity contribution in [3.8, 4) is 0 Å². The van der Waals surface area contributed by atoms with Crippen molar-refractivity contribution in [3.63, 3.8) is 0 Å². The van der Waals surface area contributed by atoms with Gasteiger partial charge >= 0.3 is 0 Å². The predicted molar refractivity (Wildman–Crippen MR) is 11.5 cm³/mol. The van der Waals surface area contributed by atoms with Crippen molar-refractivity contribution in [1.82, 2.24) is 0 Å². The van der Waals surface area contributed by atoms with Crippen molar-refractivity contribution in [1.29, 1.82) is 0 Å². The molecule has 0 aromatic rings. The van der Waals surface area contributed by atoms with E-state index in [1.54, 1.807) is 0 Å². The predicted octanol–water partition coefficient (Wildman–Crippen LogP) is -0.769. The second-order valence-corrected chi connectivity index (χ2v) is 0. The Balaban J connectivity index is 0. The molecule has 0 nitrogen and oxygen atoms in total. The van der Waals surface area contributed by atoms with Crippen LogP contribution >= 0.6 is 0 Å². The first-order valence-electron chi connectivity index (χ1n) is 0. The molecule has 0 saturated carbocycles. The molecular weight excluding hydrogens is 224 g/mol. The Hall–Kier alpha value is 2.82. The van der Waals surface area contributed by atoms with Gasteiger partial charge in [0.05, 0.1) is 0 Å². The molecule has 0 heterocycles. The van der Waals surface area contributed by atoms with Gasteiger partial charge in [0.15, 0.2) is 0 Å². The van der Waals surface area contributed by atoms with E-state index in [0.29, 0.717) is 0 Å². The van der Waals surface area contributed by atoms with Gasteiger partial charge in [-0.25, -0.2) is 0 Å². The molecule has 0 unspecified atom stereocenters. The van der Waals surface area contributed by atoms with Crippen LogP contribution in [-0.2, 0) is 50.3 Å². The SMILES string of the molecule is [Al].[Co].[Mg].[Mn].[Ni]. The molecule has 0 aromatic carbocycles. The van der Waals surface area contributed by atoms with E-state index in [9.17, 15) is 0 Å². The topological polar surface area (TPSA) is 0 Å². The van der Waals surface area contributed by atoms with E-state index in [2.05, 4.69) is 0 Å². The molecule has 7 radical (unpaired) electrons. The Labute approximate surface area is 89.5 Å². The summed E-state index contributed by atoms with van der Waals surface area (Å²) in [7, 11) is 0. The Kier molecular flexibility index (Phi) is 266. The smallest absolute Gasteiger partial charge is 0 e. The second kappa shape index (κ2) is 29.1. The Morgan fingerprint density at radius 1 is 1.00 bits per heavy atom. The summed E-state index contributed by atoms with van der Waals surface area (Å²) >= 11 is 0. The van der Waals surface area contributed by atoms with Gasteiger partial charge in [0, 0.05) is 90.8 Å². The molecule has 0 rings (SSSR count). The normalized spacial score (nSPS) is 0. The minimum atomic E-state index is 0. The zero-order chi connectivity index (χ0) is 0. The van der Waals surface area contributed by atoms with E-state index in [-0.39, 0.29) is 90.8 Å². The van der Waals surface area contributed by atoms with Gasteiger partial charge in [0.1, 0.15) is 0 Å². The molecule has 0 spiro atoms. The van der Waals surface area contributed by atoms with Crippen molar-refractivity contribution in [2.24, 2.45) is 0 Å². The van der Waals surface area contributed by atoms with Crippen LogP contribution in [0.1, 0.15) is 0 Å². The van der Waals surface area contributed by atoms with Crippen molar-refractivity contribution in [2.75, 3.05) is 0 Å². The molecule has 0 amide bonds. The number of hydrogen-bond acceptors (Lipinski definition) is 0. The summed E-state index contributed by atoms with van der Waals surface area (Å²) in [5.41, 5.74) is 0. The molecular formula is AlCoMgMnNi. The fourth-order valence-corrected chi connectivity index (χ4v) is 0. The number of hydrogen-bond donors (Lipinski definition) is 0. The van der Waals surface area contributed by atoms with Gasteiger partial charge in [-0.15, -0.1) is 0 Å². The third-order valence-electron chi connectivity index (χ3n) is 0. The maximum Gasteiger partial charge on any atom is 0 e. The summed E-state index contributed by atoms with van der Waals surface area (Å²) in [6.45, 7) is 0. The summed E-state index contributed by atoms with van der Waals surface area (Å²) in [5.74, 6) is 0. The van der Waals surface area contributed by atoms with Crippen LogP contribution in [0.5, 0.6) is 0 Å². The first-order chi connectivity index (χ1) is 0. The Morgan fingerprint density at radius 2 is 1.00 bits per heavy atom. The molecule has 5 heavy (non-hydrogen) atoms. The quantitative estimate of drug-likeness (QED) is 0.474. The molecule has 0 bridgehead atoms. The van der Waals surface area contributed by atoms with Crippen LogP contribution in [0.4, 0.5) is 0 Å². The molecule has 0 aliphatic rings. The zero-order valence-corrected chi connectivity index (χ0v) is 8.09. The number of rotatable bonds is 0. The van der Waals surface area contributed by atoms with Crippen LogP contribution < -0.4 is 0 Å². The summed E-state index contributed by atoms with van der Waals surface area (Å²) in [6.07, 6.45) is 0. The van der Waals surface area contributed by atoms with Crippen LogP contribution in [-0.4, -0.2) is 40.4 Å². The Morgan fingerprint density at radius 3 is 1.00 bits per heavy atom. The third-order valence-corrected chi connectivity index (χ3v) is 0. The van der Waals surface area contributed by atoms with Gasteiger partial charge in [0.25, 0.3) is 0 Å². The first-order valence-corrected chi connectivity index (χ1v) is 0. The molecule has 0 aromatic heterocycles. The Bertz CT molecular complexity index is 11.6. The van der Waals surface area contributed by atoms with Crippen molar-refractivity contribution in [3.05, 3.63) is 0 Å². The largest absolute Gasteiger partial charge is 0 e. The monoisotopic (exact) mass is 223 g/mol. The molecule has 0 N–H and O–H groups in total. The average Bonchev–Trinajstić information content (AvgIpc) is 0. The van der Waals surface area contributed by atoms with Crippen molar-refractivity contribution >= 4 is 40.4 Å². The first kappa shape index (κ1) is 45.8. The molecule has 5 heteroatoms. The minimum absolute atomic E-state index is 0. The third kappa shape index (κ3) is 19.9. The van der Waals surface area contributed by atoms with Gasteiger partial charge in [-0.2, -0.15) is 0 Å². The second-order valence-electron chi connectivity index (χ2n) is 0. The van der Waals surface area contributed by atoms with E-state index in [1.165, 1.54) is 0 Å².